The van der Waals surface area contributed by atoms with Crippen LogP contribution in [0.1, 0.15) is 20.3 Å². The van der Waals surface area contributed by atoms with Crippen molar-refractivity contribution < 1.29 is 0 Å². The number of hydrogen-bond acceptors (Lipinski definition) is 2. The van der Waals surface area contributed by atoms with Crippen molar-refractivity contribution in [3.63, 3.8) is 0 Å². The second-order valence-corrected chi connectivity index (χ2v) is 5.19. The zero-order valence-electron chi connectivity index (χ0n) is 9.36. The maximum Gasteiger partial charge on any atom is 0.0536 e. The number of nitrogens with zero attached hydrogens (tertiary/aromatic N) is 3. The first kappa shape index (κ1) is 11.0. The maximum absolute atomic E-state index is 6.30. The lowest BCUT2D eigenvalue weighted by Crippen LogP contribution is -2.44. The van der Waals surface area contributed by atoms with Crippen molar-refractivity contribution >= 4 is 11.6 Å². The molecule has 1 unspecified atom stereocenters. The molecule has 1 aromatic heterocycles. The first-order valence-electron chi connectivity index (χ1n) is 5.47. The summed E-state index contributed by atoms with van der Waals surface area (Å²) in [4.78, 5) is 2.45. The van der Waals surface area contributed by atoms with Crippen LogP contribution in [-0.2, 0) is 6.54 Å². The quantitative estimate of drug-likeness (QED) is 0.737. The van der Waals surface area contributed by atoms with Crippen LogP contribution in [0.4, 0.5) is 0 Å². The van der Waals surface area contributed by atoms with Gasteiger partial charge in [0.15, 0.2) is 0 Å². The molecule has 3 nitrogen and oxygen atoms in total. The summed E-state index contributed by atoms with van der Waals surface area (Å²) in [5.41, 5.74) is 0.120. The highest BCUT2D eigenvalue weighted by Gasteiger charge is 2.39. The fraction of sp³-hybridized carbons (Fsp3) is 0.727. The molecule has 1 aromatic rings. The minimum absolute atomic E-state index is 0.120. The number of aromatic nitrogens is 2. The van der Waals surface area contributed by atoms with E-state index >= 15 is 0 Å². The average molecular weight is 228 g/mol. The third-order valence-corrected chi connectivity index (χ3v) is 4.14. The van der Waals surface area contributed by atoms with Gasteiger partial charge in [0, 0.05) is 31.0 Å². The van der Waals surface area contributed by atoms with Crippen molar-refractivity contribution in [2.75, 3.05) is 13.1 Å². The summed E-state index contributed by atoms with van der Waals surface area (Å²) in [5.74, 6) is 0. The highest BCUT2D eigenvalue weighted by molar-refractivity contribution is 6.21. The van der Waals surface area contributed by atoms with Gasteiger partial charge < -0.3 is 0 Å². The minimum atomic E-state index is 0.120. The summed E-state index contributed by atoms with van der Waals surface area (Å²) < 4.78 is 1.97. The Morgan fingerprint density at radius 1 is 1.47 bits per heavy atom. The van der Waals surface area contributed by atoms with Gasteiger partial charge in [-0.05, 0) is 26.3 Å². The van der Waals surface area contributed by atoms with Gasteiger partial charge in [0.05, 0.1) is 11.9 Å². The summed E-state index contributed by atoms with van der Waals surface area (Å²) in [5, 5.41) is 4.47. The fourth-order valence-electron chi connectivity index (χ4n) is 2.16. The molecule has 4 heteroatoms. The van der Waals surface area contributed by atoms with Crippen LogP contribution >= 0.6 is 11.6 Å². The van der Waals surface area contributed by atoms with Crippen LogP contribution in [0.3, 0.4) is 0 Å². The fourth-order valence-corrected chi connectivity index (χ4v) is 2.40. The molecule has 0 saturated carbocycles. The lowest BCUT2D eigenvalue weighted by atomic mass is 10.0. The Morgan fingerprint density at radius 2 is 2.27 bits per heavy atom. The van der Waals surface area contributed by atoms with Crippen LogP contribution in [0.2, 0.25) is 0 Å². The van der Waals surface area contributed by atoms with Gasteiger partial charge in [0.1, 0.15) is 0 Å². The normalized spacial score (nSPS) is 25.9. The Kier molecular flexibility index (Phi) is 3.03. The molecule has 2 heterocycles. The molecule has 1 fully saturated rings. The van der Waals surface area contributed by atoms with E-state index in [-0.39, 0.29) is 10.9 Å². The van der Waals surface area contributed by atoms with Crippen LogP contribution in [0.25, 0.3) is 0 Å². The lowest BCUT2D eigenvalue weighted by molar-refractivity contribution is 0.168. The van der Waals surface area contributed by atoms with E-state index in [0.717, 1.165) is 26.1 Å². The second kappa shape index (κ2) is 4.14. The summed E-state index contributed by atoms with van der Waals surface area (Å²) in [7, 11) is 0. The topological polar surface area (TPSA) is 21.1 Å². The van der Waals surface area contributed by atoms with E-state index in [9.17, 15) is 0 Å². The van der Waals surface area contributed by atoms with E-state index in [1.807, 2.05) is 23.1 Å². The predicted octanol–water partition coefficient (Wildman–Crippen LogP) is 1.97. The second-order valence-electron chi connectivity index (χ2n) is 4.67. The van der Waals surface area contributed by atoms with E-state index in [1.165, 1.54) is 0 Å². The van der Waals surface area contributed by atoms with Gasteiger partial charge >= 0.3 is 0 Å². The standard InChI is InChI=1S/C11H18ClN3/c1-11(2)10(12)4-7-14(11)8-9-15-6-3-5-13-15/h3,5-6,10H,4,7-9H2,1-2H3. The molecule has 0 amide bonds. The molecule has 0 aromatic carbocycles. The van der Waals surface area contributed by atoms with E-state index < -0.39 is 0 Å². The van der Waals surface area contributed by atoms with Crippen molar-refractivity contribution in [1.82, 2.24) is 14.7 Å². The Bertz CT molecular complexity index is 308. The molecular formula is C11H18ClN3. The minimum Gasteiger partial charge on any atom is -0.295 e. The summed E-state index contributed by atoms with van der Waals surface area (Å²) in [6, 6.07) is 1.96. The van der Waals surface area contributed by atoms with Gasteiger partial charge in [-0.15, -0.1) is 11.6 Å². The Balaban J connectivity index is 1.90. The largest absolute Gasteiger partial charge is 0.295 e. The molecule has 0 aliphatic carbocycles. The molecule has 0 radical (unpaired) electrons. The number of alkyl halides is 1. The molecule has 2 rings (SSSR count). The number of rotatable bonds is 3. The SMILES string of the molecule is CC1(C)C(Cl)CCN1CCn1cccn1. The third-order valence-electron chi connectivity index (χ3n) is 3.39. The smallest absolute Gasteiger partial charge is 0.0536 e. The highest BCUT2D eigenvalue weighted by Crippen LogP contribution is 2.32. The third kappa shape index (κ3) is 2.18. The van der Waals surface area contributed by atoms with E-state index in [0.29, 0.717) is 0 Å². The predicted molar refractivity (Wildman–Crippen MR) is 62.1 cm³/mol. The first-order valence-corrected chi connectivity index (χ1v) is 5.91. The van der Waals surface area contributed by atoms with Crippen LogP contribution < -0.4 is 0 Å². The van der Waals surface area contributed by atoms with Crippen LogP contribution in [0.5, 0.6) is 0 Å². The summed E-state index contributed by atoms with van der Waals surface area (Å²) in [6.45, 7) is 7.52. The molecule has 1 aliphatic heterocycles. The lowest BCUT2D eigenvalue weighted by Gasteiger charge is -2.33. The zero-order chi connectivity index (χ0) is 10.9. The molecule has 0 N–H and O–H groups in total. The van der Waals surface area contributed by atoms with Crippen LogP contribution in [0.15, 0.2) is 18.5 Å². The van der Waals surface area contributed by atoms with Gasteiger partial charge in [-0.25, -0.2) is 0 Å². The molecule has 15 heavy (non-hydrogen) atoms. The van der Waals surface area contributed by atoms with Crippen molar-refractivity contribution in [2.45, 2.75) is 37.7 Å². The molecule has 1 aliphatic rings. The summed E-state index contributed by atoms with van der Waals surface area (Å²) in [6.07, 6.45) is 4.91. The first-order chi connectivity index (χ1) is 7.10. The van der Waals surface area contributed by atoms with Crippen molar-refractivity contribution in [2.24, 2.45) is 0 Å². The van der Waals surface area contributed by atoms with E-state index in [4.69, 9.17) is 11.6 Å². The molecular weight excluding hydrogens is 210 g/mol. The van der Waals surface area contributed by atoms with Gasteiger partial charge in [0.2, 0.25) is 0 Å². The average Bonchev–Trinajstić information content (AvgIpc) is 2.76. The zero-order valence-corrected chi connectivity index (χ0v) is 10.1. The Labute approximate surface area is 96.0 Å². The van der Waals surface area contributed by atoms with Crippen molar-refractivity contribution in [3.05, 3.63) is 18.5 Å². The van der Waals surface area contributed by atoms with E-state index in [1.54, 1.807) is 0 Å². The number of hydrogen-bond donors (Lipinski definition) is 0. The van der Waals surface area contributed by atoms with E-state index in [2.05, 4.69) is 23.8 Å². The molecule has 0 bridgehead atoms. The molecule has 1 atom stereocenters. The molecule has 84 valence electrons. The summed E-state index contributed by atoms with van der Waals surface area (Å²) >= 11 is 6.30. The monoisotopic (exact) mass is 227 g/mol. The van der Waals surface area contributed by atoms with Gasteiger partial charge in [0.25, 0.3) is 0 Å². The van der Waals surface area contributed by atoms with Gasteiger partial charge in [-0.3, -0.25) is 9.58 Å². The highest BCUT2D eigenvalue weighted by atomic mass is 35.5. The number of likely N-dealkylation sites (tertiary alicyclic amines) is 1. The Morgan fingerprint density at radius 3 is 2.80 bits per heavy atom. The van der Waals surface area contributed by atoms with Gasteiger partial charge in [-0.1, -0.05) is 0 Å². The van der Waals surface area contributed by atoms with Crippen LogP contribution in [0, 0.1) is 0 Å². The Hall–Kier alpha value is -0.540. The van der Waals surface area contributed by atoms with Crippen molar-refractivity contribution in [3.8, 4) is 0 Å². The van der Waals surface area contributed by atoms with Gasteiger partial charge in [-0.2, -0.15) is 5.10 Å². The maximum atomic E-state index is 6.30. The van der Waals surface area contributed by atoms with Crippen LogP contribution in [-0.4, -0.2) is 38.7 Å². The van der Waals surface area contributed by atoms with Crippen molar-refractivity contribution in [1.29, 1.82) is 0 Å². The molecule has 1 saturated heterocycles. The molecule has 0 spiro atoms. The number of halogens is 1.